The number of rotatable bonds is 7. The molecule has 0 aliphatic heterocycles. The second kappa shape index (κ2) is 13.8. The van der Waals surface area contributed by atoms with Crippen molar-refractivity contribution in [1.82, 2.24) is 19.5 Å². The van der Waals surface area contributed by atoms with Crippen molar-refractivity contribution in [2.24, 2.45) is 0 Å². The summed E-state index contributed by atoms with van der Waals surface area (Å²) in [5, 5.41) is 2.47. The van der Waals surface area contributed by atoms with Gasteiger partial charge in [0.25, 0.3) is 0 Å². The van der Waals surface area contributed by atoms with Crippen molar-refractivity contribution < 1.29 is 0 Å². The van der Waals surface area contributed by atoms with Gasteiger partial charge in [-0.05, 0) is 81.9 Å². The van der Waals surface area contributed by atoms with E-state index in [4.69, 9.17) is 15.0 Å². The zero-order valence-corrected chi connectivity index (χ0v) is 29.9. The van der Waals surface area contributed by atoms with Gasteiger partial charge in [0, 0.05) is 33.2 Å². The van der Waals surface area contributed by atoms with Crippen LogP contribution in [0, 0.1) is 0 Å². The number of fused-ring (bicyclic) bond motifs is 3. The molecule has 0 aliphatic carbocycles. The molecule has 4 heteroatoms. The van der Waals surface area contributed by atoms with Crippen LogP contribution in [0.2, 0.25) is 0 Å². The predicted molar refractivity (Wildman–Crippen MR) is 227 cm³/mol. The molecule has 10 aromatic rings. The Morgan fingerprint density at radius 3 is 1.31 bits per heavy atom. The first-order valence-electron chi connectivity index (χ1n) is 18.5. The topological polar surface area (TPSA) is 43.6 Å². The SMILES string of the molecule is c1ccc(-c2cccc(-c3nc(-c4ccc(-n5c6ccccc6c6c(-c7ccccc7)cccc65)cc4)nc(-c4cccc(-c5ccccc5)c4)n3)c2)cc1. The minimum absolute atomic E-state index is 0.621. The number of benzene rings is 8. The fraction of sp³-hybridized carbons (Fsp3) is 0. The second-order valence-electron chi connectivity index (χ2n) is 13.7. The van der Waals surface area contributed by atoms with Crippen molar-refractivity contribution in [2.75, 3.05) is 0 Å². The van der Waals surface area contributed by atoms with E-state index in [1.165, 1.54) is 21.9 Å². The zero-order valence-electron chi connectivity index (χ0n) is 29.9. The average molecular weight is 703 g/mol. The molecule has 55 heavy (non-hydrogen) atoms. The van der Waals surface area contributed by atoms with E-state index in [1.807, 2.05) is 12.1 Å². The van der Waals surface area contributed by atoms with E-state index in [0.717, 1.165) is 55.7 Å². The quantitative estimate of drug-likeness (QED) is 0.166. The van der Waals surface area contributed by atoms with E-state index < -0.39 is 0 Å². The van der Waals surface area contributed by atoms with E-state index in [0.29, 0.717) is 17.5 Å². The molecule has 0 aliphatic rings. The van der Waals surface area contributed by atoms with Crippen LogP contribution in [0.3, 0.4) is 0 Å². The molecule has 258 valence electrons. The molecule has 0 unspecified atom stereocenters. The molecule has 0 radical (unpaired) electrons. The van der Waals surface area contributed by atoms with Crippen LogP contribution in [0.25, 0.3) is 95.0 Å². The molecule has 0 spiro atoms. The molecular weight excluding hydrogens is 669 g/mol. The van der Waals surface area contributed by atoms with Gasteiger partial charge in [-0.1, -0.05) is 158 Å². The summed E-state index contributed by atoms with van der Waals surface area (Å²) >= 11 is 0. The molecule has 8 aromatic carbocycles. The van der Waals surface area contributed by atoms with Crippen LogP contribution in [-0.2, 0) is 0 Å². The highest BCUT2D eigenvalue weighted by Gasteiger charge is 2.17. The number of para-hydroxylation sites is 1. The molecule has 2 aromatic heterocycles. The predicted octanol–water partition coefficient (Wildman–Crippen LogP) is 13.0. The van der Waals surface area contributed by atoms with E-state index in [9.17, 15) is 0 Å². The summed E-state index contributed by atoms with van der Waals surface area (Å²) < 4.78 is 2.36. The molecular formula is C51H34N4. The Balaban J connectivity index is 1.11. The number of hydrogen-bond donors (Lipinski definition) is 0. The van der Waals surface area contributed by atoms with Gasteiger partial charge >= 0.3 is 0 Å². The molecule has 0 saturated heterocycles. The van der Waals surface area contributed by atoms with Gasteiger partial charge in [0.15, 0.2) is 17.5 Å². The van der Waals surface area contributed by atoms with E-state index in [-0.39, 0.29) is 0 Å². The monoisotopic (exact) mass is 702 g/mol. The van der Waals surface area contributed by atoms with Gasteiger partial charge in [0.05, 0.1) is 11.0 Å². The Hall–Kier alpha value is -7.43. The summed E-state index contributed by atoms with van der Waals surface area (Å²) in [7, 11) is 0. The van der Waals surface area contributed by atoms with Crippen LogP contribution < -0.4 is 0 Å². The Bertz CT molecular complexity index is 2850. The molecule has 4 nitrogen and oxygen atoms in total. The van der Waals surface area contributed by atoms with Crippen LogP contribution in [0.15, 0.2) is 206 Å². The summed E-state index contributed by atoms with van der Waals surface area (Å²) in [4.78, 5) is 15.3. The lowest BCUT2D eigenvalue weighted by Crippen LogP contribution is -2.01. The largest absolute Gasteiger partial charge is 0.309 e. The highest BCUT2D eigenvalue weighted by Crippen LogP contribution is 2.39. The lowest BCUT2D eigenvalue weighted by molar-refractivity contribution is 1.07. The first-order valence-corrected chi connectivity index (χ1v) is 18.5. The van der Waals surface area contributed by atoms with Gasteiger partial charge < -0.3 is 4.57 Å². The highest BCUT2D eigenvalue weighted by molar-refractivity contribution is 6.15. The van der Waals surface area contributed by atoms with Crippen molar-refractivity contribution in [2.45, 2.75) is 0 Å². The van der Waals surface area contributed by atoms with Gasteiger partial charge in [-0.15, -0.1) is 0 Å². The van der Waals surface area contributed by atoms with Crippen molar-refractivity contribution in [1.29, 1.82) is 0 Å². The third kappa shape index (κ3) is 6.06. The maximum absolute atomic E-state index is 5.12. The van der Waals surface area contributed by atoms with Crippen molar-refractivity contribution >= 4 is 21.8 Å². The van der Waals surface area contributed by atoms with Gasteiger partial charge in [-0.25, -0.2) is 15.0 Å². The summed E-state index contributed by atoms with van der Waals surface area (Å²) in [6, 6.07) is 72.2. The number of aromatic nitrogens is 4. The summed E-state index contributed by atoms with van der Waals surface area (Å²) in [6.07, 6.45) is 0. The first kappa shape index (κ1) is 32.2. The molecule has 0 amide bonds. The van der Waals surface area contributed by atoms with Crippen LogP contribution in [-0.4, -0.2) is 19.5 Å². The fourth-order valence-corrected chi connectivity index (χ4v) is 7.62. The van der Waals surface area contributed by atoms with E-state index >= 15 is 0 Å². The Kier molecular flexibility index (Phi) is 8.12. The maximum Gasteiger partial charge on any atom is 0.164 e. The minimum atomic E-state index is 0.621. The minimum Gasteiger partial charge on any atom is -0.309 e. The molecule has 0 N–H and O–H groups in total. The Labute approximate surface area is 319 Å². The second-order valence-corrected chi connectivity index (χ2v) is 13.7. The first-order chi connectivity index (χ1) is 27.3. The normalized spacial score (nSPS) is 11.3. The molecule has 0 fully saturated rings. The zero-order chi connectivity index (χ0) is 36.6. The molecule has 0 bridgehead atoms. The molecule has 2 heterocycles. The van der Waals surface area contributed by atoms with Crippen molar-refractivity contribution in [3.8, 4) is 73.2 Å². The van der Waals surface area contributed by atoms with Crippen LogP contribution in [0.1, 0.15) is 0 Å². The number of nitrogens with zero attached hydrogens (tertiary/aromatic N) is 4. The van der Waals surface area contributed by atoms with Gasteiger partial charge in [0.1, 0.15) is 0 Å². The van der Waals surface area contributed by atoms with E-state index in [2.05, 4.69) is 199 Å². The average Bonchev–Trinajstić information content (AvgIpc) is 3.62. The summed E-state index contributed by atoms with van der Waals surface area (Å²) in [5.74, 6) is 1.88. The molecule has 0 saturated carbocycles. The third-order valence-electron chi connectivity index (χ3n) is 10.3. The van der Waals surface area contributed by atoms with Gasteiger partial charge in [-0.3, -0.25) is 0 Å². The fourth-order valence-electron chi connectivity index (χ4n) is 7.62. The molecule has 0 atom stereocenters. The van der Waals surface area contributed by atoms with Crippen LogP contribution >= 0.6 is 0 Å². The maximum atomic E-state index is 5.12. The smallest absolute Gasteiger partial charge is 0.164 e. The standard InChI is InChI=1S/C51H34N4/c1-4-15-35(16-5-1)39-21-12-23-41(33-39)50-52-49(53-51(54-50)42-24-13-22-40(34-42)36-17-6-2-7-18-36)38-29-31-43(32-30-38)55-46-27-11-10-25-45(46)48-44(26-14-28-47(48)55)37-19-8-3-9-20-37/h1-34H. The Morgan fingerprint density at radius 1 is 0.291 bits per heavy atom. The molecule has 10 rings (SSSR count). The van der Waals surface area contributed by atoms with Gasteiger partial charge in [-0.2, -0.15) is 0 Å². The van der Waals surface area contributed by atoms with Crippen LogP contribution in [0.5, 0.6) is 0 Å². The summed E-state index contributed by atoms with van der Waals surface area (Å²) in [6.45, 7) is 0. The van der Waals surface area contributed by atoms with E-state index in [1.54, 1.807) is 0 Å². The lowest BCUT2D eigenvalue weighted by atomic mass is 9.99. The van der Waals surface area contributed by atoms with Crippen molar-refractivity contribution in [3.05, 3.63) is 206 Å². The number of hydrogen-bond acceptors (Lipinski definition) is 3. The van der Waals surface area contributed by atoms with Crippen LogP contribution in [0.4, 0.5) is 0 Å². The third-order valence-corrected chi connectivity index (χ3v) is 10.3. The lowest BCUT2D eigenvalue weighted by Gasteiger charge is -2.12. The van der Waals surface area contributed by atoms with Gasteiger partial charge in [0.2, 0.25) is 0 Å². The Morgan fingerprint density at radius 2 is 0.727 bits per heavy atom. The highest BCUT2D eigenvalue weighted by atomic mass is 15.0. The summed E-state index contributed by atoms with van der Waals surface area (Å²) in [5.41, 5.74) is 13.1. The van der Waals surface area contributed by atoms with Crippen molar-refractivity contribution in [3.63, 3.8) is 0 Å².